The summed E-state index contributed by atoms with van der Waals surface area (Å²) in [4.78, 5) is 37.9. The van der Waals surface area contributed by atoms with Crippen molar-refractivity contribution in [2.75, 3.05) is 13.2 Å². The third-order valence-corrected chi connectivity index (χ3v) is 10.5. The molecule has 0 aromatic carbocycles. The summed E-state index contributed by atoms with van der Waals surface area (Å²) in [7, 11) is 0. The molecule has 0 fully saturated rings. The van der Waals surface area contributed by atoms with Crippen molar-refractivity contribution in [2.24, 2.45) is 0 Å². The minimum absolute atomic E-state index is 0.0891. The second kappa shape index (κ2) is 47.8. The lowest BCUT2D eigenvalue weighted by Gasteiger charge is -2.18. The summed E-state index contributed by atoms with van der Waals surface area (Å²) in [5, 5.41) is 0. The molecule has 6 nitrogen and oxygen atoms in total. The molecular weight excluding hydrogens is 733 g/mol. The van der Waals surface area contributed by atoms with Crippen molar-refractivity contribution in [1.82, 2.24) is 0 Å². The van der Waals surface area contributed by atoms with E-state index in [1.165, 1.54) is 83.5 Å². The Balaban J connectivity index is 4.42. The molecule has 0 radical (unpaired) electrons. The van der Waals surface area contributed by atoms with Gasteiger partial charge in [0.2, 0.25) is 0 Å². The number of unbranched alkanes of at least 4 members (excludes halogenated alkanes) is 23. The van der Waals surface area contributed by atoms with E-state index in [0.29, 0.717) is 19.3 Å². The first-order valence-corrected chi connectivity index (χ1v) is 24.8. The molecule has 340 valence electrons. The van der Waals surface area contributed by atoms with Crippen LogP contribution in [0.4, 0.5) is 0 Å². The summed E-state index contributed by atoms with van der Waals surface area (Å²) in [6.07, 6.45) is 57.7. The van der Waals surface area contributed by atoms with Crippen molar-refractivity contribution in [2.45, 2.75) is 245 Å². The highest BCUT2D eigenvalue weighted by molar-refractivity contribution is 5.71. The SMILES string of the molecule is CC/C=C\C/C=C\C/C=C\CCCCCC(=O)OC(COC(=O)CCCCCCC/C=C\C/C=C\CCC)COC(=O)CCCCCCCCCCCCCCCCC. The standard InChI is InChI=1S/C53H92O6/c1-4-7-10-13-16-19-22-25-26-29-31-34-37-40-43-46-52(55)58-49-50(59-53(56)47-44-41-38-35-32-28-24-21-18-15-12-9-6-3)48-57-51(54)45-42-39-36-33-30-27-23-20-17-14-11-8-5-2/h9,11-12,14,18,20-21,23,28,32,50H,4-8,10,13,15-17,19,22,24-27,29-31,33-49H2,1-3H3/b12-9-,14-11-,21-18-,23-20-,32-28-. The number of carbonyl (C=O) groups is 3. The highest BCUT2D eigenvalue weighted by Gasteiger charge is 2.19. The van der Waals surface area contributed by atoms with E-state index in [1.807, 2.05) is 0 Å². The number of ether oxygens (including phenoxy) is 3. The van der Waals surface area contributed by atoms with Gasteiger partial charge in [-0.05, 0) is 77.0 Å². The second-order valence-corrected chi connectivity index (χ2v) is 16.3. The van der Waals surface area contributed by atoms with E-state index in [2.05, 4.69) is 81.5 Å². The van der Waals surface area contributed by atoms with Gasteiger partial charge < -0.3 is 14.2 Å². The van der Waals surface area contributed by atoms with Crippen LogP contribution in [-0.2, 0) is 28.6 Å². The Labute approximate surface area is 364 Å². The first kappa shape index (κ1) is 56.1. The molecule has 0 bridgehead atoms. The van der Waals surface area contributed by atoms with E-state index >= 15 is 0 Å². The molecule has 0 aliphatic rings. The van der Waals surface area contributed by atoms with Gasteiger partial charge in [-0.3, -0.25) is 14.4 Å². The van der Waals surface area contributed by atoms with Gasteiger partial charge in [-0.1, -0.05) is 204 Å². The van der Waals surface area contributed by atoms with E-state index in [-0.39, 0.29) is 31.1 Å². The fourth-order valence-corrected chi connectivity index (χ4v) is 6.79. The minimum atomic E-state index is -0.792. The first-order valence-electron chi connectivity index (χ1n) is 24.8. The lowest BCUT2D eigenvalue weighted by molar-refractivity contribution is -0.167. The number of esters is 3. The Kier molecular flexibility index (Phi) is 45.4. The average molecular weight is 825 g/mol. The molecule has 0 N–H and O–H groups in total. The maximum absolute atomic E-state index is 12.7. The lowest BCUT2D eigenvalue weighted by Crippen LogP contribution is -2.30. The highest BCUT2D eigenvalue weighted by atomic mass is 16.6. The van der Waals surface area contributed by atoms with Crippen LogP contribution in [0.1, 0.15) is 239 Å². The average Bonchev–Trinajstić information content (AvgIpc) is 3.23. The van der Waals surface area contributed by atoms with Crippen LogP contribution in [0.5, 0.6) is 0 Å². The smallest absolute Gasteiger partial charge is 0.306 e. The minimum Gasteiger partial charge on any atom is -0.462 e. The quantitative estimate of drug-likeness (QED) is 0.0263. The predicted molar refractivity (Wildman–Crippen MR) is 251 cm³/mol. The maximum Gasteiger partial charge on any atom is 0.306 e. The van der Waals surface area contributed by atoms with Crippen LogP contribution < -0.4 is 0 Å². The van der Waals surface area contributed by atoms with Crippen LogP contribution in [0.3, 0.4) is 0 Å². The van der Waals surface area contributed by atoms with E-state index in [9.17, 15) is 14.4 Å². The van der Waals surface area contributed by atoms with Crippen LogP contribution in [0, 0.1) is 0 Å². The molecule has 0 aliphatic heterocycles. The molecule has 6 heteroatoms. The lowest BCUT2D eigenvalue weighted by atomic mass is 10.0. The van der Waals surface area contributed by atoms with Crippen LogP contribution in [0.15, 0.2) is 60.8 Å². The number of hydrogen-bond donors (Lipinski definition) is 0. The molecule has 0 spiro atoms. The maximum atomic E-state index is 12.7. The van der Waals surface area contributed by atoms with Crippen molar-refractivity contribution in [3.05, 3.63) is 60.8 Å². The fourth-order valence-electron chi connectivity index (χ4n) is 6.79. The summed E-state index contributed by atoms with van der Waals surface area (Å²) in [6, 6.07) is 0. The molecule has 0 aliphatic carbocycles. The molecule has 0 aromatic rings. The van der Waals surface area contributed by atoms with Gasteiger partial charge in [-0.15, -0.1) is 0 Å². The fraction of sp³-hybridized carbons (Fsp3) is 0.755. The van der Waals surface area contributed by atoms with Crippen molar-refractivity contribution < 1.29 is 28.6 Å². The summed E-state index contributed by atoms with van der Waals surface area (Å²) < 4.78 is 16.7. The topological polar surface area (TPSA) is 78.9 Å². The van der Waals surface area contributed by atoms with Crippen molar-refractivity contribution in [1.29, 1.82) is 0 Å². The highest BCUT2D eigenvalue weighted by Crippen LogP contribution is 2.15. The Morgan fingerprint density at radius 1 is 0.356 bits per heavy atom. The predicted octanol–water partition coefficient (Wildman–Crippen LogP) is 16.1. The van der Waals surface area contributed by atoms with Gasteiger partial charge >= 0.3 is 17.9 Å². The summed E-state index contributed by atoms with van der Waals surface area (Å²) in [5.74, 6) is -0.931. The Bertz CT molecular complexity index is 1090. The van der Waals surface area contributed by atoms with Gasteiger partial charge in [0.05, 0.1) is 0 Å². The van der Waals surface area contributed by atoms with E-state index in [0.717, 1.165) is 116 Å². The van der Waals surface area contributed by atoms with Gasteiger partial charge in [-0.25, -0.2) is 0 Å². The third-order valence-electron chi connectivity index (χ3n) is 10.5. The van der Waals surface area contributed by atoms with Crippen molar-refractivity contribution in [3.8, 4) is 0 Å². The Morgan fingerprint density at radius 2 is 0.695 bits per heavy atom. The number of carbonyl (C=O) groups excluding carboxylic acids is 3. The van der Waals surface area contributed by atoms with Crippen molar-refractivity contribution >= 4 is 17.9 Å². The molecule has 59 heavy (non-hydrogen) atoms. The zero-order chi connectivity index (χ0) is 43.0. The van der Waals surface area contributed by atoms with Gasteiger partial charge in [0.15, 0.2) is 6.10 Å². The molecule has 0 saturated heterocycles. The zero-order valence-corrected chi connectivity index (χ0v) is 38.8. The van der Waals surface area contributed by atoms with Gasteiger partial charge in [0, 0.05) is 19.3 Å². The van der Waals surface area contributed by atoms with Crippen LogP contribution in [-0.4, -0.2) is 37.2 Å². The molecule has 1 atom stereocenters. The summed E-state index contributed by atoms with van der Waals surface area (Å²) >= 11 is 0. The summed E-state index contributed by atoms with van der Waals surface area (Å²) in [5.41, 5.74) is 0. The zero-order valence-electron chi connectivity index (χ0n) is 38.8. The van der Waals surface area contributed by atoms with E-state index in [1.54, 1.807) is 0 Å². The summed E-state index contributed by atoms with van der Waals surface area (Å²) in [6.45, 7) is 6.42. The van der Waals surface area contributed by atoms with Crippen LogP contribution in [0.2, 0.25) is 0 Å². The van der Waals surface area contributed by atoms with E-state index in [4.69, 9.17) is 14.2 Å². The first-order chi connectivity index (χ1) is 29.0. The number of hydrogen-bond acceptors (Lipinski definition) is 6. The molecule has 0 aromatic heterocycles. The Morgan fingerprint density at radius 3 is 1.12 bits per heavy atom. The Hall–Kier alpha value is -2.89. The largest absolute Gasteiger partial charge is 0.462 e. The van der Waals surface area contributed by atoms with E-state index < -0.39 is 6.10 Å². The normalized spacial score (nSPS) is 12.5. The molecule has 0 amide bonds. The molecule has 1 unspecified atom stereocenters. The number of rotatable bonds is 44. The molecule has 0 rings (SSSR count). The third kappa shape index (κ3) is 46.0. The monoisotopic (exact) mass is 825 g/mol. The second-order valence-electron chi connectivity index (χ2n) is 16.3. The van der Waals surface area contributed by atoms with Gasteiger partial charge in [0.1, 0.15) is 13.2 Å². The van der Waals surface area contributed by atoms with Gasteiger partial charge in [0.25, 0.3) is 0 Å². The molecular formula is C53H92O6. The van der Waals surface area contributed by atoms with Crippen LogP contribution in [0.25, 0.3) is 0 Å². The molecule has 0 saturated carbocycles. The van der Waals surface area contributed by atoms with Crippen LogP contribution >= 0.6 is 0 Å². The van der Waals surface area contributed by atoms with Gasteiger partial charge in [-0.2, -0.15) is 0 Å². The number of allylic oxidation sites excluding steroid dienone is 10. The molecule has 0 heterocycles. The van der Waals surface area contributed by atoms with Crippen molar-refractivity contribution in [3.63, 3.8) is 0 Å².